The number of nitrogens with zero attached hydrogens (tertiary/aromatic N) is 3. The van der Waals surface area contributed by atoms with E-state index in [0.717, 1.165) is 87.1 Å². The third-order valence-electron chi connectivity index (χ3n) is 19.9. The summed E-state index contributed by atoms with van der Waals surface area (Å²) in [6.45, 7) is 0. The molecular weight excluding hydrogens is 1660 g/mol. The van der Waals surface area contributed by atoms with Gasteiger partial charge in [0.25, 0.3) is 0 Å². The molecule has 0 heterocycles. The van der Waals surface area contributed by atoms with E-state index in [0.29, 0.717) is 55.6 Å². The van der Waals surface area contributed by atoms with Crippen LogP contribution in [0.2, 0.25) is 0 Å². The van der Waals surface area contributed by atoms with E-state index in [1.165, 1.54) is 11.1 Å². The van der Waals surface area contributed by atoms with Crippen molar-refractivity contribution in [1.29, 1.82) is 0 Å². The smallest absolute Gasteiger partial charge is 0.0629 e. The molecule has 1 N–H and O–H groups in total. The Balaban J connectivity index is 0.000000140. The number of halogens is 3. The summed E-state index contributed by atoms with van der Waals surface area (Å²) in [7, 11) is 0. The van der Waals surface area contributed by atoms with Crippen LogP contribution < -0.4 is 20.0 Å². The highest BCUT2D eigenvalue weighted by Gasteiger charge is 2.19. The maximum Gasteiger partial charge on any atom is 0.0629 e. The van der Waals surface area contributed by atoms with Crippen LogP contribution in [0.1, 0.15) is 16.4 Å². The van der Waals surface area contributed by atoms with Crippen molar-refractivity contribution >= 4 is 110 Å². The van der Waals surface area contributed by atoms with Gasteiger partial charge >= 0.3 is 0 Å². The molecule has 582 valence electrons. The highest BCUT2D eigenvalue weighted by atomic mass is 79.9. The number of nitrogens with one attached hydrogen (secondary N) is 1. The number of rotatable bonds is 19. The van der Waals surface area contributed by atoms with Crippen molar-refractivity contribution in [3.63, 3.8) is 0 Å². The van der Waals surface area contributed by atoms with E-state index in [-0.39, 0.29) is 83.6 Å². The van der Waals surface area contributed by atoms with Crippen molar-refractivity contribution < 1.29 is 16.4 Å². The lowest BCUT2D eigenvalue weighted by Crippen LogP contribution is -2.11. The lowest BCUT2D eigenvalue weighted by Gasteiger charge is -2.28. The molecule has 0 aliphatic rings. The van der Waals surface area contributed by atoms with Gasteiger partial charge in [0.05, 0.1) is 22.1 Å². The van der Waals surface area contributed by atoms with Crippen molar-refractivity contribution in [3.8, 4) is 89.0 Å². The summed E-state index contributed by atoms with van der Waals surface area (Å²) >= 11 is 10.1. The Hall–Kier alpha value is -14.2. The summed E-state index contributed by atoms with van der Waals surface area (Å²) < 4.78 is 107. The fourth-order valence-electron chi connectivity index (χ4n) is 13.9. The average molecular weight is 1760 g/mol. The van der Waals surface area contributed by atoms with Gasteiger partial charge in [-0.05, 0) is 236 Å². The normalized spacial score (nSPS) is 12.0. The number of benzene rings is 19. The monoisotopic (exact) mass is 1760 g/mol. The highest BCUT2D eigenvalue weighted by molar-refractivity contribution is 9.11. The number of para-hydroxylation sites is 8. The first-order valence-electron chi connectivity index (χ1n) is 45.4. The molecule has 19 aromatic carbocycles. The van der Waals surface area contributed by atoms with Gasteiger partial charge < -0.3 is 20.0 Å². The minimum Gasteiger partial charge on any atom is -0.355 e. The van der Waals surface area contributed by atoms with Gasteiger partial charge in [-0.3, -0.25) is 0 Å². The molecule has 0 saturated carbocycles. The first-order valence-corrected chi connectivity index (χ1v) is 41.8. The van der Waals surface area contributed by atoms with Gasteiger partial charge in [0.2, 0.25) is 0 Å². The fraction of sp³-hybridized carbons (Fsp3) is 0. The van der Waals surface area contributed by atoms with Crippen molar-refractivity contribution in [3.05, 3.63) is 523 Å². The predicted molar refractivity (Wildman–Crippen MR) is 526 cm³/mol. The first kappa shape index (κ1) is 66.8. The second kappa shape index (κ2) is 40.3. The van der Waals surface area contributed by atoms with Crippen LogP contribution in [0.25, 0.3) is 89.0 Å². The standard InChI is InChI=1S/C48H36N2.C30H22BrN.C18H12Br2.C18H15N/c1-5-15-41(16-6-1)47-23-13-14-24-48(47)50(44-21-11-4-12-22-44)46-35-31-40(32-36-46)38-27-25-37(26-28-38)39-29-33-45(34-30-39)49(42-17-7-2-8-18-42)43-19-9-3-10-20-43;31-27-19-15-25(16-20-27)23-11-13-24(14-12-23)26-17-21-30(22-18-26)32(28-7-3-1-4-8-28)29-9-5-2-6-10-29;19-17-9-5-15(6-10-17)13-1-2-14(4-3-13)16-7-11-18(20)12-8-16;1-3-9-15(10-4-1)17-13-7-8-14-18(17)19-16-11-5-2-6-12-16/h1-36H;1-22H;1-12H;1-14,19H/i25D,26D,27D,28D;11D,12D,13D,14D;1D,2D,3D,4D;. The van der Waals surface area contributed by atoms with Gasteiger partial charge in [0.1, 0.15) is 0 Å². The van der Waals surface area contributed by atoms with Crippen LogP contribution in [0.4, 0.5) is 62.6 Å². The first-order chi connectivity index (χ1) is 64.8. The Morgan fingerprint density at radius 3 is 0.669 bits per heavy atom. The van der Waals surface area contributed by atoms with E-state index in [4.69, 9.17) is 16.4 Å². The minimum absolute atomic E-state index is 0.0313. The van der Waals surface area contributed by atoms with Gasteiger partial charge in [0, 0.05) is 81.4 Å². The molecular formula is C114H85Br3N4. The van der Waals surface area contributed by atoms with E-state index in [1.54, 1.807) is 36.4 Å². The molecule has 19 rings (SSSR count). The summed E-state index contributed by atoms with van der Waals surface area (Å²) in [5.41, 5.74) is 21.3. The Morgan fingerprint density at radius 2 is 0.372 bits per heavy atom. The Morgan fingerprint density at radius 1 is 0.165 bits per heavy atom. The molecule has 0 bridgehead atoms. The van der Waals surface area contributed by atoms with Crippen LogP contribution in [0, 0.1) is 0 Å². The zero-order valence-electron chi connectivity index (χ0n) is 77.5. The lowest BCUT2D eigenvalue weighted by atomic mass is 9.99. The molecule has 7 heteroatoms. The number of hydrogen-bond acceptors (Lipinski definition) is 4. The summed E-state index contributed by atoms with van der Waals surface area (Å²) in [5, 5.41) is 3.47. The van der Waals surface area contributed by atoms with Crippen LogP contribution in [0.15, 0.2) is 523 Å². The van der Waals surface area contributed by atoms with Crippen molar-refractivity contribution in [2.45, 2.75) is 0 Å². The van der Waals surface area contributed by atoms with Gasteiger partial charge in [-0.2, -0.15) is 0 Å². The fourth-order valence-corrected chi connectivity index (χ4v) is 14.7. The molecule has 0 atom stereocenters. The molecule has 0 aliphatic heterocycles. The predicted octanol–water partition coefficient (Wildman–Crippen LogP) is 34.5. The molecule has 0 spiro atoms. The van der Waals surface area contributed by atoms with E-state index < -0.39 is 0 Å². The van der Waals surface area contributed by atoms with E-state index in [9.17, 15) is 0 Å². The molecule has 4 nitrogen and oxygen atoms in total. The van der Waals surface area contributed by atoms with Crippen LogP contribution in [0.5, 0.6) is 0 Å². The van der Waals surface area contributed by atoms with Gasteiger partial charge in [-0.1, -0.05) is 399 Å². The van der Waals surface area contributed by atoms with Crippen molar-refractivity contribution in [2.75, 3.05) is 20.0 Å². The second-order valence-corrected chi connectivity index (χ2v) is 30.6. The number of hydrogen-bond donors (Lipinski definition) is 1. The third kappa shape index (κ3) is 20.9. The summed E-state index contributed by atoms with van der Waals surface area (Å²) in [6.07, 6.45) is 0. The zero-order chi connectivity index (χ0) is 92.6. The van der Waals surface area contributed by atoms with Crippen molar-refractivity contribution in [2.24, 2.45) is 0 Å². The molecule has 121 heavy (non-hydrogen) atoms. The highest BCUT2D eigenvalue weighted by Crippen LogP contribution is 2.44. The van der Waals surface area contributed by atoms with Crippen molar-refractivity contribution in [1.82, 2.24) is 0 Å². The maximum absolute atomic E-state index is 9.12. The number of anilines is 11. The van der Waals surface area contributed by atoms with Crippen LogP contribution in [-0.2, 0) is 0 Å². The summed E-state index contributed by atoms with van der Waals surface area (Å²) in [5.74, 6) is 0. The lowest BCUT2D eigenvalue weighted by molar-refractivity contribution is 1.28. The summed E-state index contributed by atoms with van der Waals surface area (Å²) in [6, 6.07) is 142. The molecule has 0 amide bonds. The quantitative estimate of drug-likeness (QED) is 0.0871. The molecule has 0 aromatic heterocycles. The molecule has 19 aromatic rings. The second-order valence-electron chi connectivity index (χ2n) is 27.9. The zero-order valence-corrected chi connectivity index (χ0v) is 70.3. The average Bonchev–Trinajstić information content (AvgIpc) is 0.460. The molecule has 0 aliphatic carbocycles. The minimum atomic E-state index is -0.0765. The van der Waals surface area contributed by atoms with E-state index in [2.05, 4.69) is 189 Å². The van der Waals surface area contributed by atoms with E-state index in [1.807, 2.05) is 279 Å². The Kier molecular flexibility index (Phi) is 22.3. The largest absolute Gasteiger partial charge is 0.355 e. The van der Waals surface area contributed by atoms with Crippen LogP contribution >= 0.6 is 47.8 Å². The van der Waals surface area contributed by atoms with Gasteiger partial charge in [0.15, 0.2) is 0 Å². The molecule has 0 fully saturated rings. The summed E-state index contributed by atoms with van der Waals surface area (Å²) in [4.78, 5) is 6.48. The molecule has 0 saturated heterocycles. The van der Waals surface area contributed by atoms with Crippen LogP contribution in [-0.4, -0.2) is 0 Å². The molecule has 0 radical (unpaired) electrons. The SMILES string of the molecule is [2H]c1c([2H])c(-c2ccc(Br)cc2)c([2H])c([2H])c1-c1ccc(Br)cc1.[2H]c1c([2H])c(-c2ccc(N(c3ccccc3)c3ccccc3)cc2)c([2H])c([2H])c1-c1ccc(Br)cc1.[2H]c1c([2H])c(-c2ccc(N(c3ccccc3)c3ccccc3-c3ccccc3)cc2)c([2H])c([2H])c1-c1ccc(N(c2ccccc2)c2ccccc2)cc1.c1ccc(Nc2ccccc2-c2ccccc2)cc1. The third-order valence-corrected chi connectivity index (χ3v) is 21.5. The maximum atomic E-state index is 9.12. The Labute approximate surface area is 753 Å². The van der Waals surface area contributed by atoms with Gasteiger partial charge in [-0.25, -0.2) is 0 Å². The topological polar surface area (TPSA) is 21.8 Å². The van der Waals surface area contributed by atoms with Crippen LogP contribution in [0.3, 0.4) is 0 Å². The van der Waals surface area contributed by atoms with E-state index >= 15 is 0 Å². The Bertz CT molecular complexity index is 6960. The van der Waals surface area contributed by atoms with Gasteiger partial charge in [-0.15, -0.1) is 0 Å². The molecule has 0 unspecified atom stereocenters.